The molecule has 3 N–H and O–H groups in total. The van der Waals surface area contributed by atoms with Crippen molar-refractivity contribution in [2.24, 2.45) is 0 Å². The van der Waals surface area contributed by atoms with Crippen molar-refractivity contribution < 1.29 is 27.3 Å². The van der Waals surface area contributed by atoms with Gasteiger partial charge in [-0.1, -0.05) is 6.07 Å². The van der Waals surface area contributed by atoms with E-state index in [2.05, 4.69) is 15.4 Å². The summed E-state index contributed by atoms with van der Waals surface area (Å²) in [5.74, 6) is -0.761. The van der Waals surface area contributed by atoms with Crippen LogP contribution in [0.15, 0.2) is 64.1 Å². The summed E-state index contributed by atoms with van der Waals surface area (Å²) in [7, 11) is -3.97. The molecule has 0 aliphatic rings. The van der Waals surface area contributed by atoms with Gasteiger partial charge in [0.2, 0.25) is 10.0 Å². The number of hydrogen-bond acceptors (Lipinski definition) is 8. The molecule has 0 unspecified atom stereocenters. The third-order valence-corrected chi connectivity index (χ3v) is 6.31. The first-order chi connectivity index (χ1) is 14.8. The Kier molecular flexibility index (Phi) is 6.79. The minimum atomic E-state index is -3.97. The van der Waals surface area contributed by atoms with Crippen LogP contribution in [0.5, 0.6) is 0 Å². The molecule has 2 aromatic heterocycles. The second-order valence-corrected chi connectivity index (χ2v) is 8.85. The van der Waals surface area contributed by atoms with E-state index in [-0.39, 0.29) is 29.4 Å². The van der Waals surface area contributed by atoms with Gasteiger partial charge in [0.05, 0.1) is 26.0 Å². The van der Waals surface area contributed by atoms with Crippen LogP contribution >= 0.6 is 11.3 Å². The van der Waals surface area contributed by atoms with Gasteiger partial charge in [0.25, 0.3) is 17.5 Å². The number of thiophene rings is 1. The molecule has 0 bridgehead atoms. The Balaban J connectivity index is 1.49. The van der Waals surface area contributed by atoms with Gasteiger partial charge >= 0.3 is 0 Å². The molecule has 0 saturated heterocycles. The molecule has 11 nitrogen and oxygen atoms in total. The molecule has 1 aromatic carbocycles. The largest absolute Gasteiger partial charge is 0.459 e. The van der Waals surface area contributed by atoms with Gasteiger partial charge in [0, 0.05) is 25.2 Å². The van der Waals surface area contributed by atoms with Crippen LogP contribution in [-0.2, 0) is 10.0 Å². The fourth-order valence-corrected chi connectivity index (χ4v) is 4.29. The van der Waals surface area contributed by atoms with Gasteiger partial charge in [-0.3, -0.25) is 19.7 Å². The number of non-ortho nitro benzene ring substituents is 1. The van der Waals surface area contributed by atoms with Crippen molar-refractivity contribution >= 4 is 43.9 Å². The fraction of sp³-hybridized carbons (Fsp3) is 0.111. The molecular weight excluding hydrogens is 448 g/mol. The number of rotatable bonds is 9. The quantitative estimate of drug-likeness (QED) is 0.248. The first-order valence-corrected chi connectivity index (χ1v) is 11.0. The molecule has 0 aliphatic carbocycles. The Morgan fingerprint density at radius 2 is 1.87 bits per heavy atom. The summed E-state index contributed by atoms with van der Waals surface area (Å²) >= 11 is 1.04. The highest BCUT2D eigenvalue weighted by molar-refractivity contribution is 7.89. The minimum Gasteiger partial charge on any atom is -0.459 e. The number of amides is 2. The van der Waals surface area contributed by atoms with Crippen LogP contribution in [0.3, 0.4) is 0 Å². The number of furan rings is 1. The van der Waals surface area contributed by atoms with E-state index in [1.54, 1.807) is 12.1 Å². The molecular formula is C18H16N4O7S2. The summed E-state index contributed by atoms with van der Waals surface area (Å²) in [6.45, 7) is -0.136. The lowest BCUT2D eigenvalue weighted by atomic mass is 10.3. The standard InChI is InChI=1S/C18H16N4O7S2/c23-17(14-5-2-10-29-14)21-16-7-6-15(30-16)18(24)19-8-9-20-31(27,28)13-4-1-3-12(11-13)22(25)26/h1-7,10-11,20H,8-9H2,(H,19,24)(H,21,23). The fourth-order valence-electron chi connectivity index (χ4n) is 2.40. The predicted octanol–water partition coefficient (Wildman–Crippen LogP) is 2.21. The van der Waals surface area contributed by atoms with Crippen molar-refractivity contribution in [1.29, 1.82) is 0 Å². The smallest absolute Gasteiger partial charge is 0.291 e. The molecule has 2 heterocycles. The van der Waals surface area contributed by atoms with E-state index >= 15 is 0 Å². The van der Waals surface area contributed by atoms with E-state index in [0.717, 1.165) is 17.4 Å². The number of nitrogens with one attached hydrogen (secondary N) is 3. The highest BCUT2D eigenvalue weighted by Gasteiger charge is 2.18. The zero-order valence-corrected chi connectivity index (χ0v) is 17.4. The molecule has 0 radical (unpaired) electrons. The van der Waals surface area contributed by atoms with Crippen molar-refractivity contribution in [1.82, 2.24) is 10.0 Å². The van der Waals surface area contributed by atoms with Crippen LogP contribution in [0, 0.1) is 10.1 Å². The van der Waals surface area contributed by atoms with Crippen LogP contribution in [0.25, 0.3) is 0 Å². The van der Waals surface area contributed by atoms with Gasteiger partial charge in [-0.25, -0.2) is 13.1 Å². The van der Waals surface area contributed by atoms with E-state index < -0.39 is 26.8 Å². The Morgan fingerprint density at radius 1 is 1.06 bits per heavy atom. The van der Waals surface area contributed by atoms with Crippen LogP contribution in [0.4, 0.5) is 10.7 Å². The minimum absolute atomic E-state index is 0.0149. The maximum absolute atomic E-state index is 12.2. The van der Waals surface area contributed by atoms with Gasteiger partial charge in [0.1, 0.15) is 0 Å². The van der Waals surface area contributed by atoms with Gasteiger partial charge in [-0.05, 0) is 30.3 Å². The molecule has 0 spiro atoms. The average Bonchev–Trinajstić information content (AvgIpc) is 3.43. The first-order valence-electron chi connectivity index (χ1n) is 8.73. The highest BCUT2D eigenvalue weighted by Crippen LogP contribution is 2.22. The number of nitro groups is 1. The van der Waals surface area contributed by atoms with Crippen LogP contribution < -0.4 is 15.4 Å². The Labute approximate surface area is 180 Å². The lowest BCUT2D eigenvalue weighted by Gasteiger charge is -2.07. The maximum Gasteiger partial charge on any atom is 0.291 e. The van der Waals surface area contributed by atoms with Crippen molar-refractivity contribution in [2.45, 2.75) is 4.90 Å². The number of carbonyl (C=O) groups excluding carboxylic acids is 2. The molecule has 2 amide bonds. The lowest BCUT2D eigenvalue weighted by molar-refractivity contribution is -0.385. The number of carbonyl (C=O) groups is 2. The summed E-state index contributed by atoms with van der Waals surface area (Å²) in [5.41, 5.74) is -0.344. The van der Waals surface area contributed by atoms with Crippen LogP contribution in [0.1, 0.15) is 20.2 Å². The Hall–Kier alpha value is -3.55. The molecule has 162 valence electrons. The van der Waals surface area contributed by atoms with Crippen LogP contribution in [-0.4, -0.2) is 38.2 Å². The van der Waals surface area contributed by atoms with Gasteiger partial charge in [0.15, 0.2) is 5.76 Å². The van der Waals surface area contributed by atoms with E-state index in [1.165, 1.54) is 36.6 Å². The van der Waals surface area contributed by atoms with Gasteiger partial charge in [-0.15, -0.1) is 11.3 Å². The molecule has 3 rings (SSSR count). The van der Waals surface area contributed by atoms with Gasteiger partial charge in [-0.2, -0.15) is 0 Å². The number of sulfonamides is 1. The third kappa shape index (κ3) is 5.75. The van der Waals surface area contributed by atoms with Gasteiger partial charge < -0.3 is 15.1 Å². The highest BCUT2D eigenvalue weighted by atomic mass is 32.2. The predicted molar refractivity (Wildman–Crippen MR) is 112 cm³/mol. The number of anilines is 1. The SMILES string of the molecule is O=C(Nc1ccc(C(=O)NCCNS(=O)(=O)c2cccc([N+](=O)[O-])c2)s1)c1ccco1. The summed E-state index contributed by atoms with van der Waals surface area (Å²) in [6.07, 6.45) is 1.37. The van der Waals surface area contributed by atoms with E-state index in [4.69, 9.17) is 4.42 Å². The molecule has 0 saturated carbocycles. The zero-order valence-electron chi connectivity index (χ0n) is 15.7. The molecule has 0 atom stereocenters. The second kappa shape index (κ2) is 9.51. The zero-order chi connectivity index (χ0) is 22.4. The summed E-state index contributed by atoms with van der Waals surface area (Å²) in [5, 5.41) is 16.4. The van der Waals surface area contributed by atoms with E-state index in [0.29, 0.717) is 9.88 Å². The molecule has 13 heteroatoms. The van der Waals surface area contributed by atoms with Crippen molar-refractivity contribution in [3.63, 3.8) is 0 Å². The third-order valence-electron chi connectivity index (χ3n) is 3.85. The topological polar surface area (TPSA) is 161 Å². The molecule has 3 aromatic rings. The second-order valence-electron chi connectivity index (χ2n) is 6.00. The summed E-state index contributed by atoms with van der Waals surface area (Å²) in [6, 6.07) is 10.8. The normalized spacial score (nSPS) is 11.1. The molecule has 0 fully saturated rings. The Morgan fingerprint density at radius 3 is 2.58 bits per heavy atom. The molecule has 31 heavy (non-hydrogen) atoms. The monoisotopic (exact) mass is 464 g/mol. The van der Waals surface area contributed by atoms with Crippen molar-refractivity contribution in [3.8, 4) is 0 Å². The summed E-state index contributed by atoms with van der Waals surface area (Å²) < 4.78 is 31.7. The van der Waals surface area contributed by atoms with Crippen LogP contribution in [0.2, 0.25) is 0 Å². The lowest BCUT2D eigenvalue weighted by Crippen LogP contribution is -2.34. The van der Waals surface area contributed by atoms with E-state index in [9.17, 15) is 28.1 Å². The number of nitrogens with zero attached hydrogens (tertiary/aromatic N) is 1. The number of nitro benzene ring substituents is 1. The number of hydrogen-bond donors (Lipinski definition) is 3. The average molecular weight is 464 g/mol. The summed E-state index contributed by atoms with van der Waals surface area (Å²) in [4.78, 5) is 34.3. The molecule has 0 aliphatic heterocycles. The number of benzene rings is 1. The van der Waals surface area contributed by atoms with Crippen molar-refractivity contribution in [3.05, 3.63) is 75.5 Å². The Bertz CT molecular complexity index is 1200. The van der Waals surface area contributed by atoms with Crippen molar-refractivity contribution in [2.75, 3.05) is 18.4 Å². The first kappa shape index (κ1) is 22.1. The van der Waals surface area contributed by atoms with E-state index in [1.807, 2.05) is 0 Å². The maximum atomic E-state index is 12.2.